The van der Waals surface area contributed by atoms with Gasteiger partial charge in [-0.1, -0.05) is 18.2 Å². The number of hydrogen-bond donors (Lipinski definition) is 0. The van der Waals surface area contributed by atoms with Crippen LogP contribution in [0.2, 0.25) is 0 Å². The van der Waals surface area contributed by atoms with Crippen LogP contribution in [0, 0.1) is 11.3 Å². The van der Waals surface area contributed by atoms with E-state index >= 15 is 0 Å². The van der Waals surface area contributed by atoms with Crippen molar-refractivity contribution in [1.29, 1.82) is 5.26 Å². The van der Waals surface area contributed by atoms with Crippen molar-refractivity contribution < 1.29 is 9.47 Å². The Bertz CT molecular complexity index is 573. The topological polar surface area (TPSA) is 42.2 Å². The normalized spacial score (nSPS) is 9.56. The van der Waals surface area contributed by atoms with E-state index in [4.69, 9.17) is 14.7 Å². The summed E-state index contributed by atoms with van der Waals surface area (Å²) in [6.07, 6.45) is 0. The van der Waals surface area contributed by atoms with Crippen molar-refractivity contribution in [1.82, 2.24) is 0 Å². The van der Waals surface area contributed by atoms with Gasteiger partial charge >= 0.3 is 0 Å². The van der Waals surface area contributed by atoms with E-state index in [1.165, 1.54) is 0 Å². The molecule has 0 saturated carbocycles. The highest BCUT2D eigenvalue weighted by Crippen LogP contribution is 2.31. The van der Waals surface area contributed by atoms with Gasteiger partial charge in [0.15, 0.2) is 11.5 Å². The molecule has 0 saturated heterocycles. The quantitative estimate of drug-likeness (QED) is 0.816. The molecule has 0 aliphatic rings. The minimum atomic E-state index is 0.571. The molecule has 0 fully saturated rings. The SMILES string of the molecule is CCOc1ccccc1Oc1cccc(C#N)c1. The first-order valence-electron chi connectivity index (χ1n) is 5.73. The molecule has 0 unspecified atom stereocenters. The fraction of sp³-hybridized carbons (Fsp3) is 0.133. The van der Waals surface area contributed by atoms with Gasteiger partial charge in [0.1, 0.15) is 5.75 Å². The van der Waals surface area contributed by atoms with Crippen LogP contribution >= 0.6 is 0 Å². The summed E-state index contributed by atoms with van der Waals surface area (Å²) in [6.45, 7) is 2.51. The van der Waals surface area contributed by atoms with Crippen LogP contribution in [-0.2, 0) is 0 Å². The van der Waals surface area contributed by atoms with Crippen LogP contribution in [0.1, 0.15) is 12.5 Å². The van der Waals surface area contributed by atoms with Gasteiger partial charge in [0.05, 0.1) is 18.2 Å². The maximum atomic E-state index is 8.84. The van der Waals surface area contributed by atoms with Crippen LogP contribution in [0.4, 0.5) is 0 Å². The Kier molecular flexibility index (Phi) is 3.83. The van der Waals surface area contributed by atoms with Gasteiger partial charge in [0, 0.05) is 0 Å². The van der Waals surface area contributed by atoms with Gasteiger partial charge in [0.25, 0.3) is 0 Å². The fourth-order valence-electron chi connectivity index (χ4n) is 1.57. The Balaban J connectivity index is 2.25. The van der Waals surface area contributed by atoms with Crippen molar-refractivity contribution in [3.8, 4) is 23.3 Å². The molecule has 0 N–H and O–H groups in total. The molecule has 2 aromatic rings. The molecule has 0 aliphatic carbocycles. The van der Waals surface area contributed by atoms with Gasteiger partial charge < -0.3 is 9.47 Å². The summed E-state index contributed by atoms with van der Waals surface area (Å²) < 4.78 is 11.2. The number of ether oxygens (including phenoxy) is 2. The van der Waals surface area contributed by atoms with E-state index in [-0.39, 0.29) is 0 Å². The molecule has 18 heavy (non-hydrogen) atoms. The fourth-order valence-corrected chi connectivity index (χ4v) is 1.57. The molecule has 0 heterocycles. The van der Waals surface area contributed by atoms with E-state index in [1.54, 1.807) is 18.2 Å². The summed E-state index contributed by atoms with van der Waals surface area (Å²) >= 11 is 0. The lowest BCUT2D eigenvalue weighted by molar-refractivity contribution is 0.321. The molecule has 0 radical (unpaired) electrons. The lowest BCUT2D eigenvalue weighted by atomic mass is 10.2. The van der Waals surface area contributed by atoms with E-state index in [9.17, 15) is 0 Å². The highest BCUT2D eigenvalue weighted by atomic mass is 16.5. The average molecular weight is 239 g/mol. The van der Waals surface area contributed by atoms with Gasteiger partial charge in [-0.3, -0.25) is 0 Å². The number of para-hydroxylation sites is 2. The first-order valence-corrected chi connectivity index (χ1v) is 5.73. The summed E-state index contributed by atoms with van der Waals surface area (Å²) in [5.41, 5.74) is 0.571. The summed E-state index contributed by atoms with van der Waals surface area (Å²) in [5.74, 6) is 1.97. The predicted octanol–water partition coefficient (Wildman–Crippen LogP) is 3.75. The minimum absolute atomic E-state index is 0.571. The molecule has 90 valence electrons. The van der Waals surface area contributed by atoms with Crippen LogP contribution in [0.25, 0.3) is 0 Å². The van der Waals surface area contributed by atoms with E-state index in [0.29, 0.717) is 29.4 Å². The molecule has 0 aromatic heterocycles. The molecular weight excluding hydrogens is 226 g/mol. The molecule has 2 aromatic carbocycles. The zero-order chi connectivity index (χ0) is 12.8. The van der Waals surface area contributed by atoms with Gasteiger partial charge in [0.2, 0.25) is 0 Å². The Hall–Kier alpha value is -2.47. The smallest absolute Gasteiger partial charge is 0.169 e. The van der Waals surface area contributed by atoms with Crippen molar-refractivity contribution >= 4 is 0 Å². The third-order valence-corrected chi connectivity index (χ3v) is 2.34. The van der Waals surface area contributed by atoms with E-state index in [2.05, 4.69) is 6.07 Å². The second-order valence-corrected chi connectivity index (χ2v) is 3.62. The summed E-state index contributed by atoms with van der Waals surface area (Å²) in [6, 6.07) is 16.6. The van der Waals surface area contributed by atoms with E-state index in [0.717, 1.165) is 0 Å². The summed E-state index contributed by atoms with van der Waals surface area (Å²) in [5, 5.41) is 8.84. The first kappa shape index (κ1) is 12.0. The zero-order valence-electron chi connectivity index (χ0n) is 10.1. The van der Waals surface area contributed by atoms with Crippen molar-refractivity contribution in [2.75, 3.05) is 6.61 Å². The Morgan fingerprint density at radius 2 is 1.83 bits per heavy atom. The molecule has 0 bridgehead atoms. The second-order valence-electron chi connectivity index (χ2n) is 3.62. The average Bonchev–Trinajstić information content (AvgIpc) is 2.41. The van der Waals surface area contributed by atoms with Gasteiger partial charge in [-0.15, -0.1) is 0 Å². The summed E-state index contributed by atoms with van der Waals surface area (Å²) in [7, 11) is 0. The minimum Gasteiger partial charge on any atom is -0.490 e. The lowest BCUT2D eigenvalue weighted by Gasteiger charge is -2.11. The third-order valence-electron chi connectivity index (χ3n) is 2.34. The van der Waals surface area contributed by atoms with E-state index in [1.807, 2.05) is 37.3 Å². The lowest BCUT2D eigenvalue weighted by Crippen LogP contribution is -1.94. The Morgan fingerprint density at radius 3 is 2.56 bits per heavy atom. The molecule has 0 atom stereocenters. The maximum Gasteiger partial charge on any atom is 0.169 e. The molecule has 3 nitrogen and oxygen atoms in total. The first-order chi connectivity index (χ1) is 8.83. The zero-order valence-corrected chi connectivity index (χ0v) is 10.1. The Labute approximate surface area is 106 Å². The number of nitriles is 1. The highest BCUT2D eigenvalue weighted by molar-refractivity contribution is 5.44. The van der Waals surface area contributed by atoms with Crippen LogP contribution < -0.4 is 9.47 Å². The van der Waals surface area contributed by atoms with Gasteiger partial charge in [-0.25, -0.2) is 0 Å². The molecule has 0 aliphatic heterocycles. The molecule has 0 spiro atoms. The predicted molar refractivity (Wildman–Crippen MR) is 68.8 cm³/mol. The maximum absolute atomic E-state index is 8.84. The number of rotatable bonds is 4. The third kappa shape index (κ3) is 2.80. The van der Waals surface area contributed by atoms with Crippen molar-refractivity contribution in [3.05, 3.63) is 54.1 Å². The monoisotopic (exact) mass is 239 g/mol. The Morgan fingerprint density at radius 1 is 1.06 bits per heavy atom. The van der Waals surface area contributed by atoms with Crippen molar-refractivity contribution in [2.24, 2.45) is 0 Å². The number of benzene rings is 2. The largest absolute Gasteiger partial charge is 0.490 e. The second kappa shape index (κ2) is 5.74. The van der Waals surface area contributed by atoms with Crippen LogP contribution in [-0.4, -0.2) is 6.61 Å². The van der Waals surface area contributed by atoms with Crippen LogP contribution in [0.15, 0.2) is 48.5 Å². The van der Waals surface area contributed by atoms with E-state index < -0.39 is 0 Å². The van der Waals surface area contributed by atoms with Gasteiger partial charge in [-0.2, -0.15) is 5.26 Å². The molecule has 2 rings (SSSR count). The molecular formula is C15H13NO2. The van der Waals surface area contributed by atoms with Crippen molar-refractivity contribution in [2.45, 2.75) is 6.92 Å². The molecule has 3 heteroatoms. The standard InChI is InChI=1S/C15H13NO2/c1-2-17-14-8-3-4-9-15(14)18-13-7-5-6-12(10-13)11-16/h3-10H,2H2,1H3. The number of hydrogen-bond acceptors (Lipinski definition) is 3. The number of nitrogens with zero attached hydrogens (tertiary/aromatic N) is 1. The molecule has 0 amide bonds. The van der Waals surface area contributed by atoms with Crippen molar-refractivity contribution in [3.63, 3.8) is 0 Å². The van der Waals surface area contributed by atoms with Crippen LogP contribution in [0.3, 0.4) is 0 Å². The van der Waals surface area contributed by atoms with Gasteiger partial charge in [-0.05, 0) is 37.3 Å². The summed E-state index contributed by atoms with van der Waals surface area (Å²) in [4.78, 5) is 0. The van der Waals surface area contributed by atoms with Crippen LogP contribution in [0.5, 0.6) is 17.2 Å². The highest BCUT2D eigenvalue weighted by Gasteiger charge is 2.05.